The van der Waals surface area contributed by atoms with Crippen LogP contribution in [0.5, 0.6) is 5.75 Å². The molecule has 0 spiro atoms. The lowest BCUT2D eigenvalue weighted by Gasteiger charge is -2.10. The molecule has 1 aromatic carbocycles. The Hall–Kier alpha value is -2.17. The number of nitrogens with zero attached hydrogens (tertiary/aromatic N) is 2. The summed E-state index contributed by atoms with van der Waals surface area (Å²) in [5.41, 5.74) is 6.14. The number of para-hydroxylation sites is 1. The minimum atomic E-state index is -0.625. The smallest absolute Gasteiger partial charge is 0.191 e. The predicted molar refractivity (Wildman–Crippen MR) is 63.0 cm³/mol. The number of halogens is 1. The highest BCUT2D eigenvalue weighted by Crippen LogP contribution is 2.30. The summed E-state index contributed by atoms with van der Waals surface area (Å²) in [6.45, 7) is 2.36. The van der Waals surface area contributed by atoms with Crippen LogP contribution < -0.4 is 10.5 Å². The van der Waals surface area contributed by atoms with E-state index in [1.165, 1.54) is 6.33 Å². The highest BCUT2D eigenvalue weighted by atomic mass is 19.1. The minimum absolute atomic E-state index is 0.154. The zero-order valence-corrected chi connectivity index (χ0v) is 9.35. The largest absolute Gasteiger partial charge is 0.493 e. The Morgan fingerprint density at radius 2 is 2.06 bits per heavy atom. The number of hydrogen-bond donors (Lipinski definition) is 1. The van der Waals surface area contributed by atoms with Crippen molar-refractivity contribution in [1.82, 2.24) is 9.97 Å². The Labute approximate surface area is 98.3 Å². The standard InChI is InChI=1S/C12H12FN3O/c1-2-17-9-6-4-3-5-8(9)11-10(13)12(14)16-7-15-11/h3-7H,2H2,1H3,(H2,14,15,16). The molecule has 0 radical (unpaired) electrons. The summed E-state index contributed by atoms with van der Waals surface area (Å²) in [6, 6.07) is 7.10. The van der Waals surface area contributed by atoms with Gasteiger partial charge in [-0.3, -0.25) is 0 Å². The maximum Gasteiger partial charge on any atom is 0.191 e. The number of anilines is 1. The second-order valence-electron chi connectivity index (χ2n) is 3.35. The first-order chi connectivity index (χ1) is 8.24. The fraction of sp³-hybridized carbons (Fsp3) is 0.167. The average molecular weight is 233 g/mol. The Morgan fingerprint density at radius 1 is 1.29 bits per heavy atom. The van der Waals surface area contributed by atoms with Crippen molar-refractivity contribution >= 4 is 5.82 Å². The molecule has 0 saturated carbocycles. The SMILES string of the molecule is CCOc1ccccc1-c1ncnc(N)c1F. The van der Waals surface area contributed by atoms with Gasteiger partial charge in [-0.25, -0.2) is 14.4 Å². The van der Waals surface area contributed by atoms with Crippen molar-refractivity contribution in [1.29, 1.82) is 0 Å². The zero-order chi connectivity index (χ0) is 12.3. The molecule has 1 aromatic heterocycles. The summed E-state index contributed by atoms with van der Waals surface area (Å²) in [7, 11) is 0. The van der Waals surface area contributed by atoms with Gasteiger partial charge in [-0.15, -0.1) is 0 Å². The Bertz CT molecular complexity index is 531. The molecule has 0 unspecified atom stereocenters. The van der Waals surface area contributed by atoms with E-state index in [1.807, 2.05) is 13.0 Å². The molecule has 2 aromatic rings. The average Bonchev–Trinajstić information content (AvgIpc) is 2.34. The zero-order valence-electron chi connectivity index (χ0n) is 9.35. The van der Waals surface area contributed by atoms with Crippen LogP contribution in [0.15, 0.2) is 30.6 Å². The van der Waals surface area contributed by atoms with Gasteiger partial charge in [0, 0.05) is 5.56 Å². The van der Waals surface area contributed by atoms with Crippen LogP contribution in [0.1, 0.15) is 6.92 Å². The van der Waals surface area contributed by atoms with Gasteiger partial charge < -0.3 is 10.5 Å². The lowest BCUT2D eigenvalue weighted by atomic mass is 10.1. The normalized spacial score (nSPS) is 10.2. The molecule has 0 aliphatic rings. The van der Waals surface area contributed by atoms with Gasteiger partial charge in [0.2, 0.25) is 0 Å². The van der Waals surface area contributed by atoms with Gasteiger partial charge in [0.15, 0.2) is 11.6 Å². The lowest BCUT2D eigenvalue weighted by molar-refractivity contribution is 0.341. The Balaban J connectivity index is 2.56. The first kappa shape index (κ1) is 11.3. The van der Waals surface area contributed by atoms with Crippen molar-refractivity contribution in [2.24, 2.45) is 0 Å². The quantitative estimate of drug-likeness (QED) is 0.883. The first-order valence-electron chi connectivity index (χ1n) is 5.22. The fourth-order valence-corrected chi connectivity index (χ4v) is 1.51. The number of hydrogen-bond acceptors (Lipinski definition) is 4. The molecule has 1 heterocycles. The lowest BCUT2D eigenvalue weighted by Crippen LogP contribution is -2.01. The van der Waals surface area contributed by atoms with Gasteiger partial charge in [0.1, 0.15) is 17.8 Å². The number of aromatic nitrogens is 2. The maximum absolute atomic E-state index is 13.8. The van der Waals surface area contributed by atoms with Gasteiger partial charge in [0.25, 0.3) is 0 Å². The van der Waals surface area contributed by atoms with Crippen LogP contribution in [-0.2, 0) is 0 Å². The summed E-state index contributed by atoms with van der Waals surface area (Å²) in [6.07, 6.45) is 1.23. The monoisotopic (exact) mass is 233 g/mol. The topological polar surface area (TPSA) is 61.0 Å². The van der Waals surface area contributed by atoms with E-state index in [2.05, 4.69) is 9.97 Å². The van der Waals surface area contributed by atoms with Gasteiger partial charge in [-0.2, -0.15) is 0 Å². The van der Waals surface area contributed by atoms with Crippen molar-refractivity contribution in [3.05, 3.63) is 36.4 Å². The Kier molecular flexibility index (Phi) is 3.18. The number of ether oxygens (including phenoxy) is 1. The van der Waals surface area contributed by atoms with E-state index in [1.54, 1.807) is 18.2 Å². The number of rotatable bonds is 3. The highest BCUT2D eigenvalue weighted by Gasteiger charge is 2.14. The number of benzene rings is 1. The molecule has 17 heavy (non-hydrogen) atoms. The van der Waals surface area contributed by atoms with E-state index >= 15 is 0 Å². The summed E-state index contributed by atoms with van der Waals surface area (Å²) >= 11 is 0. The van der Waals surface area contributed by atoms with E-state index in [4.69, 9.17) is 10.5 Å². The van der Waals surface area contributed by atoms with Crippen LogP contribution in [0.4, 0.5) is 10.2 Å². The molecule has 0 fully saturated rings. The molecule has 5 heteroatoms. The summed E-state index contributed by atoms with van der Waals surface area (Å²) in [5, 5.41) is 0. The molecule has 88 valence electrons. The molecule has 0 amide bonds. The molecular weight excluding hydrogens is 221 g/mol. The predicted octanol–water partition coefficient (Wildman–Crippen LogP) is 2.26. The molecular formula is C12H12FN3O. The molecule has 0 aliphatic carbocycles. The van der Waals surface area contributed by atoms with Gasteiger partial charge >= 0.3 is 0 Å². The van der Waals surface area contributed by atoms with Crippen molar-refractivity contribution in [3.8, 4) is 17.0 Å². The summed E-state index contributed by atoms with van der Waals surface area (Å²) in [4.78, 5) is 7.50. The van der Waals surface area contributed by atoms with E-state index < -0.39 is 5.82 Å². The van der Waals surface area contributed by atoms with Crippen LogP contribution in [0.2, 0.25) is 0 Å². The molecule has 2 rings (SSSR count). The van der Waals surface area contributed by atoms with Crippen molar-refractivity contribution in [2.75, 3.05) is 12.3 Å². The highest BCUT2D eigenvalue weighted by molar-refractivity contribution is 5.69. The van der Waals surface area contributed by atoms with Gasteiger partial charge in [-0.05, 0) is 19.1 Å². The third-order valence-electron chi connectivity index (χ3n) is 2.26. The van der Waals surface area contributed by atoms with Crippen LogP contribution in [0.3, 0.4) is 0 Å². The van der Waals surface area contributed by atoms with Gasteiger partial charge in [-0.1, -0.05) is 12.1 Å². The van der Waals surface area contributed by atoms with Crippen LogP contribution in [-0.4, -0.2) is 16.6 Å². The van der Waals surface area contributed by atoms with E-state index in [0.717, 1.165) is 0 Å². The molecule has 0 bridgehead atoms. The second kappa shape index (κ2) is 4.78. The third-order valence-corrected chi connectivity index (χ3v) is 2.26. The van der Waals surface area contributed by atoms with Crippen molar-refractivity contribution < 1.29 is 9.13 Å². The van der Waals surface area contributed by atoms with E-state index in [0.29, 0.717) is 17.9 Å². The van der Waals surface area contributed by atoms with E-state index in [-0.39, 0.29) is 11.5 Å². The maximum atomic E-state index is 13.8. The minimum Gasteiger partial charge on any atom is -0.493 e. The summed E-state index contributed by atoms with van der Waals surface area (Å²) < 4.78 is 19.2. The molecule has 4 nitrogen and oxygen atoms in total. The van der Waals surface area contributed by atoms with Crippen LogP contribution in [0.25, 0.3) is 11.3 Å². The van der Waals surface area contributed by atoms with Crippen LogP contribution >= 0.6 is 0 Å². The molecule has 0 aliphatic heterocycles. The van der Waals surface area contributed by atoms with Gasteiger partial charge in [0.05, 0.1) is 6.61 Å². The van der Waals surface area contributed by atoms with Crippen molar-refractivity contribution in [3.63, 3.8) is 0 Å². The third kappa shape index (κ3) is 2.18. The van der Waals surface area contributed by atoms with Crippen molar-refractivity contribution in [2.45, 2.75) is 6.92 Å². The first-order valence-corrected chi connectivity index (χ1v) is 5.22. The number of nitrogens with two attached hydrogens (primary N) is 1. The second-order valence-corrected chi connectivity index (χ2v) is 3.35. The molecule has 0 atom stereocenters. The fourth-order valence-electron chi connectivity index (χ4n) is 1.51. The molecule has 0 saturated heterocycles. The Morgan fingerprint density at radius 3 is 2.82 bits per heavy atom. The van der Waals surface area contributed by atoms with E-state index in [9.17, 15) is 4.39 Å². The number of nitrogen functional groups attached to an aromatic ring is 1. The molecule has 2 N–H and O–H groups in total. The van der Waals surface area contributed by atoms with Crippen LogP contribution in [0, 0.1) is 5.82 Å². The summed E-state index contributed by atoms with van der Waals surface area (Å²) in [5.74, 6) is -0.215.